The molecule has 0 saturated carbocycles. The Labute approximate surface area is 116 Å². The molecule has 0 saturated heterocycles. The summed E-state index contributed by atoms with van der Waals surface area (Å²) in [5.74, 6) is -1.36. The number of carboxylic acids is 1. The molecule has 0 aliphatic heterocycles. The van der Waals surface area contributed by atoms with Gasteiger partial charge in [-0.2, -0.15) is 0 Å². The van der Waals surface area contributed by atoms with Gasteiger partial charge in [-0.05, 0) is 5.56 Å². The highest BCUT2D eigenvalue weighted by Gasteiger charge is 2.21. The summed E-state index contributed by atoms with van der Waals surface area (Å²) in [6.45, 7) is 0.132. The van der Waals surface area contributed by atoms with Crippen LogP contribution in [0.3, 0.4) is 0 Å². The van der Waals surface area contributed by atoms with E-state index in [1.807, 2.05) is 0 Å². The number of carboxylic acid groups (broad SMARTS) is 1. The van der Waals surface area contributed by atoms with Crippen molar-refractivity contribution in [3.63, 3.8) is 0 Å². The van der Waals surface area contributed by atoms with Crippen LogP contribution in [-0.2, 0) is 9.59 Å². The van der Waals surface area contributed by atoms with Crippen molar-refractivity contribution in [2.75, 3.05) is 13.6 Å². The molecule has 1 aromatic carbocycles. The fourth-order valence-electron chi connectivity index (χ4n) is 1.53. The van der Waals surface area contributed by atoms with E-state index in [9.17, 15) is 14.4 Å². The lowest BCUT2D eigenvalue weighted by Gasteiger charge is -2.15. The maximum atomic E-state index is 11.6. The summed E-state index contributed by atoms with van der Waals surface area (Å²) in [4.78, 5) is 33.7. The summed E-state index contributed by atoms with van der Waals surface area (Å²) in [7, 11) is 1.50. The largest absolute Gasteiger partial charge is 0.479 e. The molecule has 4 N–H and O–H groups in total. The Bertz CT molecular complexity index is 476. The van der Waals surface area contributed by atoms with Gasteiger partial charge in [-0.1, -0.05) is 30.3 Å². The van der Waals surface area contributed by atoms with E-state index < -0.39 is 18.0 Å². The third kappa shape index (κ3) is 4.97. The maximum Gasteiger partial charge on any atom is 0.330 e. The number of carbonyl (C=O) groups is 3. The number of rotatable bonds is 6. The minimum atomic E-state index is -1.15. The van der Waals surface area contributed by atoms with Crippen molar-refractivity contribution in [3.8, 4) is 0 Å². The highest BCUT2D eigenvalue weighted by atomic mass is 16.4. The molecule has 20 heavy (non-hydrogen) atoms. The molecule has 0 aliphatic carbocycles. The molecule has 1 atom stereocenters. The highest BCUT2D eigenvalue weighted by Crippen LogP contribution is 2.12. The van der Waals surface area contributed by atoms with E-state index in [1.165, 1.54) is 7.05 Å². The highest BCUT2D eigenvalue weighted by molar-refractivity contribution is 5.84. The molecule has 0 aromatic heterocycles. The fraction of sp³-hybridized carbons (Fsp3) is 0.308. The zero-order chi connectivity index (χ0) is 15.0. The van der Waals surface area contributed by atoms with Gasteiger partial charge in [0, 0.05) is 20.0 Å². The van der Waals surface area contributed by atoms with Crippen LogP contribution in [0.1, 0.15) is 18.0 Å². The number of benzene rings is 1. The minimum Gasteiger partial charge on any atom is -0.479 e. The van der Waals surface area contributed by atoms with E-state index in [2.05, 4.69) is 16.0 Å². The van der Waals surface area contributed by atoms with Gasteiger partial charge in [-0.3, -0.25) is 4.79 Å². The van der Waals surface area contributed by atoms with Crippen molar-refractivity contribution >= 4 is 17.9 Å². The zero-order valence-corrected chi connectivity index (χ0v) is 11.1. The molecule has 0 fully saturated rings. The molecule has 0 heterocycles. The standard InChI is InChI=1S/C13H17N3O4/c1-14-10(17)7-8-15-13(20)16-11(12(18)19)9-5-3-2-4-6-9/h2-6,11H,7-8H2,1H3,(H,14,17)(H,18,19)(H2,15,16,20)/t11-/m0/s1. The zero-order valence-electron chi connectivity index (χ0n) is 11.1. The Morgan fingerprint density at radius 3 is 2.40 bits per heavy atom. The average Bonchev–Trinajstić information content (AvgIpc) is 2.45. The van der Waals surface area contributed by atoms with E-state index >= 15 is 0 Å². The molecule has 0 bridgehead atoms. The predicted molar refractivity (Wildman–Crippen MR) is 72.0 cm³/mol. The lowest BCUT2D eigenvalue weighted by molar-refractivity contribution is -0.139. The molecule has 108 valence electrons. The van der Waals surface area contributed by atoms with Crippen LogP contribution >= 0.6 is 0 Å². The van der Waals surface area contributed by atoms with E-state index in [4.69, 9.17) is 5.11 Å². The van der Waals surface area contributed by atoms with Crippen LogP contribution in [0.5, 0.6) is 0 Å². The molecule has 0 unspecified atom stereocenters. The van der Waals surface area contributed by atoms with Gasteiger partial charge < -0.3 is 21.1 Å². The van der Waals surface area contributed by atoms with Crippen LogP contribution in [0.15, 0.2) is 30.3 Å². The molecule has 7 nitrogen and oxygen atoms in total. The van der Waals surface area contributed by atoms with Gasteiger partial charge in [0.25, 0.3) is 0 Å². The first kappa shape index (κ1) is 15.5. The Morgan fingerprint density at radius 2 is 1.85 bits per heavy atom. The molecule has 3 amide bonds. The smallest absolute Gasteiger partial charge is 0.330 e. The second kappa shape index (κ2) is 7.78. The first-order valence-electron chi connectivity index (χ1n) is 6.07. The molecule has 1 aromatic rings. The summed E-state index contributed by atoms with van der Waals surface area (Å²) >= 11 is 0. The first-order chi connectivity index (χ1) is 9.54. The third-order valence-corrected chi connectivity index (χ3v) is 2.57. The van der Waals surface area contributed by atoms with Crippen LogP contribution in [0, 0.1) is 0 Å². The van der Waals surface area contributed by atoms with Crippen LogP contribution in [0.2, 0.25) is 0 Å². The molecule has 0 aliphatic rings. The van der Waals surface area contributed by atoms with E-state index in [-0.39, 0.29) is 18.9 Å². The number of urea groups is 1. The van der Waals surface area contributed by atoms with Gasteiger partial charge >= 0.3 is 12.0 Å². The van der Waals surface area contributed by atoms with E-state index in [1.54, 1.807) is 30.3 Å². The van der Waals surface area contributed by atoms with Gasteiger partial charge in [0.1, 0.15) is 0 Å². The van der Waals surface area contributed by atoms with Gasteiger partial charge in [-0.15, -0.1) is 0 Å². The van der Waals surface area contributed by atoms with Gasteiger partial charge in [0.2, 0.25) is 5.91 Å². The molecule has 7 heteroatoms. The van der Waals surface area contributed by atoms with Crippen molar-refractivity contribution in [3.05, 3.63) is 35.9 Å². The van der Waals surface area contributed by atoms with Crippen molar-refractivity contribution in [2.24, 2.45) is 0 Å². The number of hydrogen-bond acceptors (Lipinski definition) is 3. The lowest BCUT2D eigenvalue weighted by atomic mass is 10.1. The quantitative estimate of drug-likeness (QED) is 0.598. The fourth-order valence-corrected chi connectivity index (χ4v) is 1.53. The number of nitrogens with one attached hydrogen (secondary N) is 3. The summed E-state index contributed by atoms with van der Waals surface area (Å²) < 4.78 is 0. The summed E-state index contributed by atoms with van der Waals surface area (Å²) in [6, 6.07) is 6.60. The number of amides is 3. The van der Waals surface area contributed by atoms with Gasteiger partial charge in [0.05, 0.1) is 0 Å². The third-order valence-electron chi connectivity index (χ3n) is 2.57. The Morgan fingerprint density at radius 1 is 1.20 bits per heavy atom. The summed E-state index contributed by atoms with van der Waals surface area (Å²) in [5, 5.41) is 16.3. The number of aliphatic carboxylic acids is 1. The minimum absolute atomic E-state index is 0.132. The van der Waals surface area contributed by atoms with E-state index in [0.717, 1.165) is 0 Å². The Balaban J connectivity index is 2.53. The topological polar surface area (TPSA) is 108 Å². The van der Waals surface area contributed by atoms with Crippen LogP contribution in [0.25, 0.3) is 0 Å². The van der Waals surface area contributed by atoms with E-state index in [0.29, 0.717) is 5.56 Å². The number of hydrogen-bond donors (Lipinski definition) is 4. The lowest BCUT2D eigenvalue weighted by Crippen LogP contribution is -2.42. The molecular weight excluding hydrogens is 262 g/mol. The van der Waals surface area contributed by atoms with Crippen molar-refractivity contribution < 1.29 is 19.5 Å². The van der Waals surface area contributed by atoms with Crippen LogP contribution < -0.4 is 16.0 Å². The van der Waals surface area contributed by atoms with Crippen molar-refractivity contribution in [1.29, 1.82) is 0 Å². The average molecular weight is 279 g/mol. The Kier molecular flexibility index (Phi) is 6.02. The van der Waals surface area contributed by atoms with Crippen molar-refractivity contribution in [1.82, 2.24) is 16.0 Å². The summed E-state index contributed by atoms with van der Waals surface area (Å²) in [5.41, 5.74) is 0.474. The van der Waals surface area contributed by atoms with Gasteiger partial charge in [-0.25, -0.2) is 9.59 Å². The SMILES string of the molecule is CNC(=O)CCNC(=O)N[C@H](C(=O)O)c1ccccc1. The monoisotopic (exact) mass is 279 g/mol. The second-order valence-corrected chi connectivity index (χ2v) is 4.01. The molecular formula is C13H17N3O4. The maximum absolute atomic E-state index is 11.6. The second-order valence-electron chi connectivity index (χ2n) is 4.01. The van der Waals surface area contributed by atoms with Crippen LogP contribution in [0.4, 0.5) is 4.79 Å². The van der Waals surface area contributed by atoms with Gasteiger partial charge in [0.15, 0.2) is 6.04 Å². The molecule has 1 rings (SSSR count). The number of carbonyl (C=O) groups excluding carboxylic acids is 2. The predicted octanol–water partition coefficient (Wildman–Crippen LogP) is 0.248. The van der Waals surface area contributed by atoms with Crippen molar-refractivity contribution in [2.45, 2.75) is 12.5 Å². The molecule has 0 spiro atoms. The Hall–Kier alpha value is -2.57. The van der Waals surface area contributed by atoms with Crippen LogP contribution in [-0.4, -0.2) is 36.6 Å². The normalized spacial score (nSPS) is 11.2. The first-order valence-corrected chi connectivity index (χ1v) is 6.07. The molecule has 0 radical (unpaired) electrons. The summed E-state index contributed by atoms with van der Waals surface area (Å²) in [6.07, 6.45) is 0.132.